The predicted molar refractivity (Wildman–Crippen MR) is 76.5 cm³/mol. The highest BCUT2D eigenvalue weighted by molar-refractivity contribution is 6.00. The van der Waals surface area contributed by atoms with Crippen LogP contribution >= 0.6 is 0 Å². The quantitative estimate of drug-likeness (QED) is 0.350. The number of rotatable bonds is 10. The van der Waals surface area contributed by atoms with Crippen LogP contribution in [0.2, 0.25) is 0 Å². The third-order valence-electron chi connectivity index (χ3n) is 3.07. The van der Waals surface area contributed by atoms with Crippen LogP contribution in [0.4, 0.5) is 0 Å². The molecule has 0 N–H and O–H groups in total. The molecule has 6 heteroatoms. The van der Waals surface area contributed by atoms with E-state index in [2.05, 4.69) is 0 Å². The Morgan fingerprint density at radius 1 is 0.762 bits per heavy atom. The van der Waals surface area contributed by atoms with Crippen LogP contribution in [0.3, 0.4) is 0 Å². The fraction of sp³-hybridized carbons (Fsp3) is 0.800. The van der Waals surface area contributed by atoms with Crippen LogP contribution in [0.25, 0.3) is 0 Å². The minimum absolute atomic E-state index is 0.0224. The molecule has 122 valence electrons. The highest BCUT2D eigenvalue weighted by Gasteiger charge is 2.48. The molecule has 0 aromatic carbocycles. The van der Waals surface area contributed by atoms with Gasteiger partial charge in [0.15, 0.2) is 5.41 Å². The Labute approximate surface area is 126 Å². The Kier molecular flexibility index (Phi) is 9.41. The van der Waals surface area contributed by atoms with Crippen LogP contribution in [0.5, 0.6) is 0 Å². The molecule has 0 aromatic heterocycles. The zero-order valence-electron chi connectivity index (χ0n) is 13.4. The van der Waals surface area contributed by atoms with Crippen molar-refractivity contribution in [2.75, 3.05) is 19.8 Å². The van der Waals surface area contributed by atoms with Crippen LogP contribution in [0, 0.1) is 5.41 Å². The molecule has 0 saturated heterocycles. The van der Waals surface area contributed by atoms with E-state index in [-0.39, 0.29) is 39.1 Å². The van der Waals surface area contributed by atoms with Crippen LogP contribution < -0.4 is 0 Å². The molecule has 21 heavy (non-hydrogen) atoms. The van der Waals surface area contributed by atoms with Gasteiger partial charge >= 0.3 is 17.9 Å². The summed E-state index contributed by atoms with van der Waals surface area (Å²) in [7, 11) is 0. The van der Waals surface area contributed by atoms with Gasteiger partial charge < -0.3 is 14.2 Å². The topological polar surface area (TPSA) is 78.9 Å². The van der Waals surface area contributed by atoms with E-state index in [4.69, 9.17) is 14.2 Å². The molecule has 0 saturated carbocycles. The number of hydrogen-bond acceptors (Lipinski definition) is 6. The second-order valence-corrected chi connectivity index (χ2v) is 4.58. The van der Waals surface area contributed by atoms with Gasteiger partial charge in [0, 0.05) is 6.42 Å². The van der Waals surface area contributed by atoms with E-state index in [0.717, 1.165) is 0 Å². The van der Waals surface area contributed by atoms with Gasteiger partial charge in [-0.05, 0) is 33.6 Å². The molecule has 0 bridgehead atoms. The largest absolute Gasteiger partial charge is 0.466 e. The Bertz CT molecular complexity index is 332. The molecule has 0 radical (unpaired) electrons. The minimum Gasteiger partial charge on any atom is -0.466 e. The molecule has 0 spiro atoms. The second kappa shape index (κ2) is 10.2. The minimum atomic E-state index is -1.42. The lowest BCUT2D eigenvalue weighted by Crippen LogP contribution is -2.42. The zero-order valence-corrected chi connectivity index (χ0v) is 13.4. The molecule has 0 aliphatic heterocycles. The summed E-state index contributed by atoms with van der Waals surface area (Å²) in [4.78, 5) is 36.1. The summed E-state index contributed by atoms with van der Waals surface area (Å²) in [6.07, 6.45) is 0.896. The first-order chi connectivity index (χ1) is 9.98. The summed E-state index contributed by atoms with van der Waals surface area (Å²) >= 11 is 0. The SMILES string of the molecule is CCCC(CCC(=O)OCC)(C(=O)OCC)C(=O)OCC. The normalized spacial score (nSPS) is 10.9. The van der Waals surface area contributed by atoms with E-state index in [1.807, 2.05) is 6.92 Å². The van der Waals surface area contributed by atoms with Crippen LogP contribution in [-0.4, -0.2) is 37.7 Å². The molecule has 0 rings (SSSR count). The van der Waals surface area contributed by atoms with Crippen molar-refractivity contribution < 1.29 is 28.6 Å². The van der Waals surface area contributed by atoms with Gasteiger partial charge in [0.05, 0.1) is 19.8 Å². The third-order valence-corrected chi connectivity index (χ3v) is 3.07. The summed E-state index contributed by atoms with van der Waals surface area (Å²) in [5.74, 6) is -1.70. The fourth-order valence-corrected chi connectivity index (χ4v) is 2.13. The van der Waals surface area contributed by atoms with Crippen molar-refractivity contribution in [2.45, 2.75) is 53.4 Å². The zero-order chi connectivity index (χ0) is 16.3. The summed E-state index contributed by atoms with van der Waals surface area (Å²) in [6.45, 7) is 7.51. The summed E-state index contributed by atoms with van der Waals surface area (Å²) in [5, 5.41) is 0. The summed E-state index contributed by atoms with van der Waals surface area (Å²) < 4.78 is 14.9. The van der Waals surface area contributed by atoms with E-state index in [0.29, 0.717) is 6.42 Å². The van der Waals surface area contributed by atoms with Gasteiger partial charge in [-0.1, -0.05) is 13.3 Å². The number of carbonyl (C=O) groups excluding carboxylic acids is 3. The van der Waals surface area contributed by atoms with E-state index in [1.54, 1.807) is 20.8 Å². The van der Waals surface area contributed by atoms with Crippen molar-refractivity contribution in [1.82, 2.24) is 0 Å². The molecule has 0 heterocycles. The van der Waals surface area contributed by atoms with E-state index in [9.17, 15) is 14.4 Å². The molecule has 0 aromatic rings. The lowest BCUT2D eigenvalue weighted by molar-refractivity contribution is -0.174. The maximum Gasteiger partial charge on any atom is 0.323 e. The molecular weight excluding hydrogens is 276 g/mol. The smallest absolute Gasteiger partial charge is 0.323 e. The maximum absolute atomic E-state index is 12.3. The van der Waals surface area contributed by atoms with Crippen molar-refractivity contribution in [2.24, 2.45) is 5.41 Å². The van der Waals surface area contributed by atoms with Gasteiger partial charge in [0.1, 0.15) is 0 Å². The number of ether oxygens (including phenoxy) is 3. The standard InChI is InChI=1S/C15H26O6/c1-5-10-15(13(17)20-7-3,14(18)21-8-4)11-9-12(16)19-6-2/h5-11H2,1-4H3. The lowest BCUT2D eigenvalue weighted by Gasteiger charge is -2.28. The summed E-state index contributed by atoms with van der Waals surface area (Å²) in [5.41, 5.74) is -1.42. The number of esters is 3. The van der Waals surface area contributed by atoms with Gasteiger partial charge in [-0.3, -0.25) is 14.4 Å². The van der Waals surface area contributed by atoms with E-state index in [1.165, 1.54) is 0 Å². The molecule has 0 fully saturated rings. The lowest BCUT2D eigenvalue weighted by atomic mass is 9.79. The Balaban J connectivity index is 5.21. The van der Waals surface area contributed by atoms with Crippen LogP contribution in [0.1, 0.15) is 53.4 Å². The highest BCUT2D eigenvalue weighted by atomic mass is 16.6. The van der Waals surface area contributed by atoms with E-state index < -0.39 is 23.3 Å². The second-order valence-electron chi connectivity index (χ2n) is 4.58. The maximum atomic E-state index is 12.3. The highest BCUT2D eigenvalue weighted by Crippen LogP contribution is 2.33. The van der Waals surface area contributed by atoms with Gasteiger partial charge in [-0.15, -0.1) is 0 Å². The number of hydrogen-bond donors (Lipinski definition) is 0. The third kappa shape index (κ3) is 5.73. The first-order valence-electron chi connectivity index (χ1n) is 7.48. The van der Waals surface area contributed by atoms with E-state index >= 15 is 0 Å². The van der Waals surface area contributed by atoms with Gasteiger partial charge in [-0.25, -0.2) is 0 Å². The Hall–Kier alpha value is -1.59. The van der Waals surface area contributed by atoms with Crippen molar-refractivity contribution in [3.05, 3.63) is 0 Å². The molecular formula is C15H26O6. The predicted octanol–water partition coefficient (Wildman–Crippen LogP) is 2.24. The first kappa shape index (κ1) is 19.4. The first-order valence-corrected chi connectivity index (χ1v) is 7.48. The molecule has 0 unspecified atom stereocenters. The summed E-state index contributed by atoms with van der Waals surface area (Å²) in [6, 6.07) is 0. The van der Waals surface area contributed by atoms with Crippen molar-refractivity contribution >= 4 is 17.9 Å². The Morgan fingerprint density at radius 3 is 1.62 bits per heavy atom. The average molecular weight is 302 g/mol. The number of carbonyl (C=O) groups is 3. The van der Waals surface area contributed by atoms with Crippen molar-refractivity contribution in [3.63, 3.8) is 0 Å². The molecule has 0 amide bonds. The van der Waals surface area contributed by atoms with Gasteiger partial charge in [-0.2, -0.15) is 0 Å². The van der Waals surface area contributed by atoms with Crippen molar-refractivity contribution in [1.29, 1.82) is 0 Å². The fourth-order valence-electron chi connectivity index (χ4n) is 2.13. The van der Waals surface area contributed by atoms with Crippen molar-refractivity contribution in [3.8, 4) is 0 Å². The van der Waals surface area contributed by atoms with Crippen LogP contribution in [0.15, 0.2) is 0 Å². The van der Waals surface area contributed by atoms with Crippen LogP contribution in [-0.2, 0) is 28.6 Å². The molecule has 0 aliphatic carbocycles. The Morgan fingerprint density at radius 2 is 1.24 bits per heavy atom. The van der Waals surface area contributed by atoms with Gasteiger partial charge in [0.2, 0.25) is 0 Å². The monoisotopic (exact) mass is 302 g/mol. The molecule has 0 aliphatic rings. The molecule has 6 nitrogen and oxygen atoms in total. The average Bonchev–Trinajstić information content (AvgIpc) is 2.44. The molecule has 0 atom stereocenters. The van der Waals surface area contributed by atoms with Gasteiger partial charge in [0.25, 0.3) is 0 Å².